The predicted molar refractivity (Wildman–Crippen MR) is 84.9 cm³/mol. The Bertz CT molecular complexity index is 528. The summed E-state index contributed by atoms with van der Waals surface area (Å²) in [6, 6.07) is 6.97. The fourth-order valence-corrected chi connectivity index (χ4v) is 1.73. The number of carbonyl (C=O) groups is 3. The maximum atomic E-state index is 11.7. The summed E-state index contributed by atoms with van der Waals surface area (Å²) in [6.45, 7) is 0.518. The minimum atomic E-state index is -0.432. The van der Waals surface area contributed by atoms with Crippen molar-refractivity contribution in [1.82, 2.24) is 5.32 Å². The Morgan fingerprint density at radius 3 is 2.30 bits per heavy atom. The number of rotatable bonds is 9. The summed E-state index contributed by atoms with van der Waals surface area (Å²) in [4.78, 5) is 34.4. The predicted octanol–water partition coefficient (Wildman–Crippen LogP) is 0.883. The molecule has 0 aliphatic rings. The van der Waals surface area contributed by atoms with Crippen molar-refractivity contribution in [2.75, 3.05) is 32.7 Å². The van der Waals surface area contributed by atoms with E-state index in [1.807, 2.05) is 0 Å². The van der Waals surface area contributed by atoms with Crippen molar-refractivity contribution >= 4 is 23.5 Å². The van der Waals surface area contributed by atoms with Gasteiger partial charge in [0.15, 0.2) is 0 Å². The average molecular weight is 322 g/mol. The third-order valence-electron chi connectivity index (χ3n) is 2.99. The van der Waals surface area contributed by atoms with Crippen molar-refractivity contribution in [3.63, 3.8) is 0 Å². The lowest BCUT2D eigenvalue weighted by Gasteiger charge is -2.07. The van der Waals surface area contributed by atoms with Gasteiger partial charge in [0, 0.05) is 26.3 Å². The molecular weight excluding hydrogens is 300 g/mol. The molecule has 2 amide bonds. The highest BCUT2D eigenvalue weighted by Gasteiger charge is 2.08. The maximum absolute atomic E-state index is 11.7. The second-order valence-corrected chi connectivity index (χ2v) is 4.81. The van der Waals surface area contributed by atoms with E-state index in [0.29, 0.717) is 12.3 Å². The molecule has 126 valence electrons. The molecule has 0 aliphatic carbocycles. The molecule has 0 bridgehead atoms. The molecule has 1 aromatic rings. The van der Waals surface area contributed by atoms with Crippen molar-refractivity contribution in [2.24, 2.45) is 0 Å². The van der Waals surface area contributed by atoms with Crippen molar-refractivity contribution in [3.05, 3.63) is 29.8 Å². The first-order chi connectivity index (χ1) is 11.0. The third-order valence-corrected chi connectivity index (χ3v) is 2.99. The van der Waals surface area contributed by atoms with Gasteiger partial charge >= 0.3 is 5.97 Å². The molecule has 0 atom stereocenters. The zero-order chi connectivity index (χ0) is 17.1. The number of ether oxygens (including phenoxy) is 2. The molecule has 1 aromatic carbocycles. The van der Waals surface area contributed by atoms with Crippen LogP contribution >= 0.6 is 0 Å². The number of nitrogens with one attached hydrogen (secondary N) is 2. The minimum Gasteiger partial charge on any atom is -0.463 e. The molecule has 7 nitrogen and oxygen atoms in total. The molecule has 7 heteroatoms. The minimum absolute atomic E-state index is 0.0182. The van der Waals surface area contributed by atoms with Gasteiger partial charge in [0.1, 0.15) is 6.61 Å². The standard InChI is InChI=1S/C16H22N2O5/c1-17-15(20)11-12-3-5-13(6-4-12)18-14(19)7-8-16(21)23-10-9-22-2/h3-6H,7-11H2,1-2H3,(H,17,20)(H,18,19). The SMILES string of the molecule is CNC(=O)Cc1ccc(NC(=O)CCC(=O)OCCOC)cc1. The number of benzene rings is 1. The smallest absolute Gasteiger partial charge is 0.306 e. The Kier molecular flexibility index (Phi) is 8.38. The summed E-state index contributed by atoms with van der Waals surface area (Å²) < 4.78 is 9.62. The summed E-state index contributed by atoms with van der Waals surface area (Å²) in [5, 5.41) is 5.23. The van der Waals surface area contributed by atoms with E-state index in [0.717, 1.165) is 5.56 Å². The number of anilines is 1. The normalized spacial score (nSPS) is 10.0. The summed E-state index contributed by atoms with van der Waals surface area (Å²) >= 11 is 0. The zero-order valence-electron chi connectivity index (χ0n) is 13.4. The lowest BCUT2D eigenvalue weighted by atomic mass is 10.1. The van der Waals surface area contributed by atoms with Crippen LogP contribution in [-0.4, -0.2) is 45.2 Å². The van der Waals surface area contributed by atoms with Crippen molar-refractivity contribution in [3.8, 4) is 0 Å². The number of methoxy groups -OCH3 is 1. The monoisotopic (exact) mass is 322 g/mol. The van der Waals surface area contributed by atoms with Gasteiger partial charge in [-0.1, -0.05) is 12.1 Å². The van der Waals surface area contributed by atoms with Gasteiger partial charge in [0.05, 0.1) is 19.4 Å². The first kappa shape index (κ1) is 18.6. The van der Waals surface area contributed by atoms with Crippen LogP contribution in [0.4, 0.5) is 5.69 Å². The molecule has 0 saturated heterocycles. The quantitative estimate of drug-likeness (QED) is 0.520. The van der Waals surface area contributed by atoms with Crippen molar-refractivity contribution < 1.29 is 23.9 Å². The highest BCUT2D eigenvalue weighted by molar-refractivity contribution is 5.92. The van der Waals surface area contributed by atoms with Gasteiger partial charge < -0.3 is 20.1 Å². The van der Waals surface area contributed by atoms with Crippen LogP contribution in [-0.2, 0) is 30.3 Å². The fourth-order valence-electron chi connectivity index (χ4n) is 1.73. The summed E-state index contributed by atoms with van der Waals surface area (Å²) in [6.07, 6.45) is 0.355. The van der Waals surface area contributed by atoms with Crippen LogP contribution in [0, 0.1) is 0 Å². The van der Waals surface area contributed by atoms with Crippen LogP contribution in [0.2, 0.25) is 0 Å². The van der Waals surface area contributed by atoms with E-state index in [9.17, 15) is 14.4 Å². The molecule has 0 spiro atoms. The molecule has 0 unspecified atom stereocenters. The van der Waals surface area contributed by atoms with Crippen LogP contribution in [0.25, 0.3) is 0 Å². The second-order valence-electron chi connectivity index (χ2n) is 4.81. The Hall–Kier alpha value is -2.41. The maximum Gasteiger partial charge on any atom is 0.306 e. The van der Waals surface area contributed by atoms with Crippen LogP contribution in [0.1, 0.15) is 18.4 Å². The number of esters is 1. The molecule has 0 aliphatic heterocycles. The van der Waals surface area contributed by atoms with Gasteiger partial charge in [-0.3, -0.25) is 14.4 Å². The number of amides is 2. The van der Waals surface area contributed by atoms with Crippen molar-refractivity contribution in [1.29, 1.82) is 0 Å². The molecule has 0 saturated carbocycles. The van der Waals surface area contributed by atoms with E-state index >= 15 is 0 Å². The van der Waals surface area contributed by atoms with Crippen LogP contribution in [0.5, 0.6) is 0 Å². The molecule has 0 aromatic heterocycles. The van der Waals surface area contributed by atoms with Gasteiger partial charge in [-0.05, 0) is 17.7 Å². The molecule has 23 heavy (non-hydrogen) atoms. The van der Waals surface area contributed by atoms with Crippen molar-refractivity contribution in [2.45, 2.75) is 19.3 Å². The number of hydrogen-bond donors (Lipinski definition) is 2. The van der Waals surface area contributed by atoms with Gasteiger partial charge in [0.2, 0.25) is 11.8 Å². The van der Waals surface area contributed by atoms with E-state index in [-0.39, 0.29) is 37.7 Å². The highest BCUT2D eigenvalue weighted by Crippen LogP contribution is 2.11. The lowest BCUT2D eigenvalue weighted by Crippen LogP contribution is -2.20. The van der Waals surface area contributed by atoms with E-state index in [1.54, 1.807) is 31.3 Å². The zero-order valence-corrected chi connectivity index (χ0v) is 13.4. The summed E-state index contributed by atoms with van der Waals surface area (Å²) in [5.41, 5.74) is 1.47. The van der Waals surface area contributed by atoms with E-state index < -0.39 is 5.97 Å². The molecule has 0 heterocycles. The Morgan fingerprint density at radius 2 is 1.70 bits per heavy atom. The average Bonchev–Trinajstić information content (AvgIpc) is 2.55. The lowest BCUT2D eigenvalue weighted by molar-refractivity contribution is -0.145. The molecule has 0 radical (unpaired) electrons. The summed E-state index contributed by atoms with van der Waals surface area (Å²) in [5.74, 6) is -0.778. The Morgan fingerprint density at radius 1 is 1.00 bits per heavy atom. The van der Waals surface area contributed by atoms with E-state index in [1.165, 1.54) is 7.11 Å². The first-order valence-electron chi connectivity index (χ1n) is 7.29. The van der Waals surface area contributed by atoms with E-state index in [4.69, 9.17) is 9.47 Å². The van der Waals surface area contributed by atoms with Crippen LogP contribution in [0.15, 0.2) is 24.3 Å². The fraction of sp³-hybridized carbons (Fsp3) is 0.438. The number of likely N-dealkylation sites (N-methyl/N-ethyl adjacent to an activating group) is 1. The molecule has 1 rings (SSSR count). The summed E-state index contributed by atoms with van der Waals surface area (Å²) in [7, 11) is 3.10. The highest BCUT2D eigenvalue weighted by atomic mass is 16.6. The van der Waals surface area contributed by atoms with Gasteiger partial charge in [-0.15, -0.1) is 0 Å². The molecule has 2 N–H and O–H groups in total. The van der Waals surface area contributed by atoms with Gasteiger partial charge in [-0.25, -0.2) is 0 Å². The van der Waals surface area contributed by atoms with Gasteiger partial charge in [0.25, 0.3) is 0 Å². The topological polar surface area (TPSA) is 93.7 Å². The van der Waals surface area contributed by atoms with Crippen LogP contribution in [0.3, 0.4) is 0 Å². The molecular formula is C16H22N2O5. The largest absolute Gasteiger partial charge is 0.463 e. The Balaban J connectivity index is 2.34. The number of carbonyl (C=O) groups excluding carboxylic acids is 3. The number of hydrogen-bond acceptors (Lipinski definition) is 5. The first-order valence-corrected chi connectivity index (χ1v) is 7.29. The second kappa shape index (κ2) is 10.3. The van der Waals surface area contributed by atoms with E-state index in [2.05, 4.69) is 10.6 Å². The Labute approximate surface area is 135 Å². The molecule has 0 fully saturated rings. The third kappa shape index (κ3) is 7.96. The van der Waals surface area contributed by atoms with Crippen LogP contribution < -0.4 is 10.6 Å². The van der Waals surface area contributed by atoms with Gasteiger partial charge in [-0.2, -0.15) is 0 Å².